The maximum Gasteiger partial charge on any atom is 0.242 e. The van der Waals surface area contributed by atoms with E-state index in [4.69, 9.17) is 10.5 Å². The predicted octanol–water partition coefficient (Wildman–Crippen LogP) is 0.664. The molecule has 1 fully saturated rings. The molecule has 6 heteroatoms. The van der Waals surface area contributed by atoms with Gasteiger partial charge in [-0.2, -0.15) is 5.10 Å². The number of H-pyrrole nitrogens is 1. The summed E-state index contributed by atoms with van der Waals surface area (Å²) < 4.78 is 4.97. The Kier molecular flexibility index (Phi) is 4.21. The Morgan fingerprint density at radius 3 is 2.95 bits per heavy atom. The van der Waals surface area contributed by atoms with Crippen molar-refractivity contribution in [3.05, 3.63) is 17.0 Å². The van der Waals surface area contributed by atoms with Gasteiger partial charge in [0.2, 0.25) is 5.91 Å². The van der Waals surface area contributed by atoms with Crippen LogP contribution in [0.5, 0.6) is 0 Å². The summed E-state index contributed by atoms with van der Waals surface area (Å²) in [6, 6.07) is -0.493. The number of aromatic nitrogens is 2. The highest BCUT2D eigenvalue weighted by Crippen LogP contribution is 2.35. The zero-order chi connectivity index (χ0) is 14.0. The van der Waals surface area contributed by atoms with E-state index in [0.29, 0.717) is 0 Å². The van der Waals surface area contributed by atoms with Crippen LogP contribution >= 0.6 is 0 Å². The number of ether oxygens (including phenoxy) is 1. The van der Waals surface area contributed by atoms with Gasteiger partial charge >= 0.3 is 0 Å². The molecule has 1 saturated heterocycles. The lowest BCUT2D eigenvalue weighted by Crippen LogP contribution is -2.45. The van der Waals surface area contributed by atoms with E-state index in [1.807, 2.05) is 18.7 Å². The Morgan fingerprint density at radius 1 is 1.63 bits per heavy atom. The van der Waals surface area contributed by atoms with Gasteiger partial charge in [-0.3, -0.25) is 9.89 Å². The molecule has 1 aliphatic heterocycles. The largest absolute Gasteiger partial charge is 0.383 e. The fourth-order valence-electron chi connectivity index (χ4n) is 2.85. The van der Waals surface area contributed by atoms with Gasteiger partial charge in [0, 0.05) is 24.9 Å². The average Bonchev–Trinajstić information content (AvgIpc) is 2.96. The molecular formula is C13H22N4O2. The first-order chi connectivity index (χ1) is 9.06. The highest BCUT2D eigenvalue weighted by atomic mass is 16.5. The number of aromatic amines is 1. The monoisotopic (exact) mass is 266 g/mol. The number of amides is 1. The first-order valence-electron chi connectivity index (χ1n) is 6.62. The number of methoxy groups -OCH3 is 1. The van der Waals surface area contributed by atoms with Crippen molar-refractivity contribution >= 4 is 5.91 Å². The first kappa shape index (κ1) is 14.0. The average molecular weight is 266 g/mol. The Morgan fingerprint density at radius 2 is 2.37 bits per heavy atom. The van der Waals surface area contributed by atoms with Crippen LogP contribution in [-0.2, 0) is 9.53 Å². The van der Waals surface area contributed by atoms with Crippen molar-refractivity contribution < 1.29 is 9.53 Å². The number of nitrogens with one attached hydrogen (secondary N) is 1. The fraction of sp³-hybridized carbons (Fsp3) is 0.692. The van der Waals surface area contributed by atoms with Gasteiger partial charge in [0.1, 0.15) is 6.04 Å². The summed E-state index contributed by atoms with van der Waals surface area (Å²) in [5, 5.41) is 7.20. The smallest absolute Gasteiger partial charge is 0.242 e. The zero-order valence-electron chi connectivity index (χ0n) is 11.8. The van der Waals surface area contributed by atoms with E-state index in [2.05, 4.69) is 10.2 Å². The lowest BCUT2D eigenvalue weighted by molar-refractivity contribution is -0.134. The summed E-state index contributed by atoms with van der Waals surface area (Å²) in [4.78, 5) is 14.2. The molecule has 3 N–H and O–H groups in total. The van der Waals surface area contributed by atoms with Gasteiger partial charge in [0.25, 0.3) is 0 Å². The SMILES string of the molecule is COCC(N)C(=O)N1CCCC1c1c(C)n[nH]c1C. The molecule has 1 aromatic heterocycles. The molecule has 6 nitrogen and oxygen atoms in total. The number of nitrogens with zero attached hydrogens (tertiary/aromatic N) is 2. The Balaban J connectivity index is 2.20. The lowest BCUT2D eigenvalue weighted by atomic mass is 10.0. The van der Waals surface area contributed by atoms with E-state index in [9.17, 15) is 4.79 Å². The van der Waals surface area contributed by atoms with Crippen LogP contribution in [0, 0.1) is 13.8 Å². The standard InChI is InChI=1S/C13H22N4O2/c1-8-12(9(2)16-15-8)11-5-4-6-17(11)13(18)10(14)7-19-3/h10-11H,4-7,14H2,1-3H3,(H,15,16). The molecule has 0 saturated carbocycles. The van der Waals surface area contributed by atoms with Crippen LogP contribution in [0.1, 0.15) is 35.8 Å². The van der Waals surface area contributed by atoms with Gasteiger partial charge in [0.15, 0.2) is 0 Å². The summed E-state index contributed by atoms with van der Waals surface area (Å²) in [7, 11) is 1.55. The second kappa shape index (κ2) is 5.71. The molecule has 106 valence electrons. The molecule has 1 amide bonds. The maximum atomic E-state index is 12.4. The predicted molar refractivity (Wildman–Crippen MR) is 71.6 cm³/mol. The Labute approximate surface area is 113 Å². The van der Waals surface area contributed by atoms with Crippen LogP contribution in [0.2, 0.25) is 0 Å². The molecule has 2 rings (SSSR count). The second-order valence-electron chi connectivity index (χ2n) is 5.10. The molecule has 0 aromatic carbocycles. The van der Waals surface area contributed by atoms with E-state index >= 15 is 0 Å². The van der Waals surface area contributed by atoms with Crippen molar-refractivity contribution in [2.45, 2.75) is 38.8 Å². The topological polar surface area (TPSA) is 84.2 Å². The fourth-order valence-corrected chi connectivity index (χ4v) is 2.85. The van der Waals surface area contributed by atoms with Gasteiger partial charge in [-0.25, -0.2) is 0 Å². The van der Waals surface area contributed by atoms with Gasteiger partial charge < -0.3 is 15.4 Å². The second-order valence-corrected chi connectivity index (χ2v) is 5.10. The van der Waals surface area contributed by atoms with E-state index < -0.39 is 6.04 Å². The van der Waals surface area contributed by atoms with Gasteiger partial charge in [0.05, 0.1) is 18.3 Å². The molecular weight excluding hydrogens is 244 g/mol. The third-order valence-electron chi connectivity index (χ3n) is 3.72. The maximum absolute atomic E-state index is 12.4. The minimum atomic E-state index is -0.585. The Bertz CT molecular complexity index is 438. The van der Waals surface area contributed by atoms with Crippen molar-refractivity contribution in [2.24, 2.45) is 5.73 Å². The van der Waals surface area contributed by atoms with Crippen molar-refractivity contribution in [1.29, 1.82) is 0 Å². The first-order valence-corrected chi connectivity index (χ1v) is 6.62. The van der Waals surface area contributed by atoms with Crippen molar-refractivity contribution in [3.8, 4) is 0 Å². The van der Waals surface area contributed by atoms with Crippen molar-refractivity contribution in [1.82, 2.24) is 15.1 Å². The third-order valence-corrected chi connectivity index (χ3v) is 3.72. The van der Waals surface area contributed by atoms with Crippen LogP contribution in [-0.4, -0.2) is 47.3 Å². The number of hydrogen-bond donors (Lipinski definition) is 2. The number of rotatable bonds is 4. The molecule has 0 spiro atoms. The Hall–Kier alpha value is -1.40. The number of carbonyl (C=O) groups excluding carboxylic acids is 1. The number of aryl methyl sites for hydroxylation is 2. The zero-order valence-corrected chi connectivity index (χ0v) is 11.8. The van der Waals surface area contributed by atoms with Crippen LogP contribution in [0.25, 0.3) is 0 Å². The molecule has 0 bridgehead atoms. The number of nitrogens with two attached hydrogens (primary N) is 1. The molecule has 2 heterocycles. The van der Waals surface area contributed by atoms with Gasteiger partial charge in [-0.15, -0.1) is 0 Å². The summed E-state index contributed by atoms with van der Waals surface area (Å²) >= 11 is 0. The summed E-state index contributed by atoms with van der Waals surface area (Å²) in [6.45, 7) is 4.97. The number of hydrogen-bond acceptors (Lipinski definition) is 4. The van der Waals surface area contributed by atoms with Crippen molar-refractivity contribution in [2.75, 3.05) is 20.3 Å². The third kappa shape index (κ3) is 2.64. The summed E-state index contributed by atoms with van der Waals surface area (Å²) in [5.74, 6) is -0.0376. The van der Waals surface area contributed by atoms with E-state index in [1.54, 1.807) is 7.11 Å². The van der Waals surface area contributed by atoms with Gasteiger partial charge in [-0.1, -0.05) is 0 Å². The lowest BCUT2D eigenvalue weighted by Gasteiger charge is -2.27. The molecule has 1 aliphatic rings. The number of likely N-dealkylation sites (tertiary alicyclic amines) is 1. The number of carbonyl (C=O) groups is 1. The highest BCUT2D eigenvalue weighted by molar-refractivity contribution is 5.82. The summed E-state index contributed by atoms with van der Waals surface area (Å²) in [5.41, 5.74) is 8.99. The molecule has 1 aromatic rings. The quantitative estimate of drug-likeness (QED) is 0.838. The van der Waals surface area contributed by atoms with Crippen LogP contribution in [0.15, 0.2) is 0 Å². The molecule has 2 atom stereocenters. The highest BCUT2D eigenvalue weighted by Gasteiger charge is 2.34. The summed E-state index contributed by atoms with van der Waals surface area (Å²) in [6.07, 6.45) is 1.97. The van der Waals surface area contributed by atoms with Crippen molar-refractivity contribution in [3.63, 3.8) is 0 Å². The van der Waals surface area contributed by atoms with E-state index in [0.717, 1.165) is 36.3 Å². The van der Waals surface area contributed by atoms with Crippen LogP contribution < -0.4 is 5.73 Å². The minimum absolute atomic E-state index is 0.0376. The van der Waals surface area contributed by atoms with E-state index in [-0.39, 0.29) is 18.6 Å². The van der Waals surface area contributed by atoms with Gasteiger partial charge in [-0.05, 0) is 26.7 Å². The minimum Gasteiger partial charge on any atom is -0.383 e. The van der Waals surface area contributed by atoms with Crippen LogP contribution in [0.4, 0.5) is 0 Å². The molecule has 0 aliphatic carbocycles. The molecule has 0 radical (unpaired) electrons. The molecule has 2 unspecified atom stereocenters. The van der Waals surface area contributed by atoms with E-state index in [1.165, 1.54) is 0 Å². The van der Waals surface area contributed by atoms with Crippen LogP contribution in [0.3, 0.4) is 0 Å². The molecule has 19 heavy (non-hydrogen) atoms. The normalized spacial score (nSPS) is 20.8.